The first-order chi connectivity index (χ1) is 9.43. The summed E-state index contributed by atoms with van der Waals surface area (Å²) >= 11 is 1.68. The maximum Gasteiger partial charge on any atom is 0.0794 e. The van der Waals surface area contributed by atoms with Gasteiger partial charge >= 0.3 is 0 Å². The van der Waals surface area contributed by atoms with Gasteiger partial charge in [0.2, 0.25) is 0 Å². The Hall–Kier alpha value is -1.19. The van der Waals surface area contributed by atoms with Crippen molar-refractivity contribution in [2.24, 2.45) is 0 Å². The molecule has 0 saturated carbocycles. The Labute approximate surface area is 118 Å². The van der Waals surface area contributed by atoms with E-state index < -0.39 is 0 Å². The quantitative estimate of drug-likeness (QED) is 0.858. The molecule has 3 heteroatoms. The van der Waals surface area contributed by atoms with Crippen LogP contribution in [0.3, 0.4) is 0 Å². The Morgan fingerprint density at radius 3 is 3.11 bits per heavy atom. The average molecular weight is 272 g/mol. The molecule has 1 aliphatic rings. The Balaban J connectivity index is 1.63. The smallest absolute Gasteiger partial charge is 0.0794 e. The number of nitrogens with zero attached hydrogens (tertiary/aromatic N) is 1. The Kier molecular flexibility index (Phi) is 4.26. The van der Waals surface area contributed by atoms with Gasteiger partial charge in [-0.3, -0.25) is 0 Å². The van der Waals surface area contributed by atoms with Crippen LogP contribution in [0.2, 0.25) is 0 Å². The average Bonchev–Trinajstić information content (AvgIpc) is 2.87. The minimum Gasteiger partial charge on any atom is -0.310 e. The lowest BCUT2D eigenvalue weighted by atomic mass is 9.99. The summed E-state index contributed by atoms with van der Waals surface area (Å²) in [6, 6.07) is 9.43. The maximum atomic E-state index is 4.34. The summed E-state index contributed by atoms with van der Waals surface area (Å²) in [5, 5.41) is 5.86. The second-order valence-electron chi connectivity index (χ2n) is 5.18. The van der Waals surface area contributed by atoms with E-state index in [0.717, 1.165) is 13.0 Å². The van der Waals surface area contributed by atoms with E-state index in [9.17, 15) is 0 Å². The van der Waals surface area contributed by atoms with Gasteiger partial charge < -0.3 is 5.32 Å². The number of nitrogens with one attached hydrogen (secondary N) is 1. The van der Waals surface area contributed by atoms with E-state index in [1.807, 2.05) is 5.51 Å². The lowest BCUT2D eigenvalue weighted by Gasteiger charge is -2.19. The van der Waals surface area contributed by atoms with E-state index in [-0.39, 0.29) is 0 Å². The van der Waals surface area contributed by atoms with Crippen LogP contribution in [0.1, 0.15) is 42.1 Å². The molecular formula is C16H20N2S. The van der Waals surface area contributed by atoms with E-state index in [0.29, 0.717) is 6.04 Å². The third kappa shape index (κ3) is 3.23. The number of thiazole rings is 1. The first-order valence-electron chi connectivity index (χ1n) is 7.12. The number of rotatable bonds is 4. The Morgan fingerprint density at radius 1 is 1.26 bits per heavy atom. The molecule has 0 amide bonds. The molecule has 0 spiro atoms. The molecule has 0 bridgehead atoms. The zero-order valence-corrected chi connectivity index (χ0v) is 12.0. The van der Waals surface area contributed by atoms with Gasteiger partial charge in [0.1, 0.15) is 0 Å². The summed E-state index contributed by atoms with van der Waals surface area (Å²) in [6.07, 6.45) is 6.17. The van der Waals surface area contributed by atoms with Crippen molar-refractivity contribution < 1.29 is 0 Å². The third-order valence-electron chi connectivity index (χ3n) is 3.87. The molecule has 0 aliphatic heterocycles. The maximum absolute atomic E-state index is 4.34. The van der Waals surface area contributed by atoms with E-state index in [1.165, 1.54) is 42.5 Å². The summed E-state index contributed by atoms with van der Waals surface area (Å²) in [7, 11) is 0. The van der Waals surface area contributed by atoms with E-state index in [2.05, 4.69) is 39.9 Å². The molecule has 1 aromatic carbocycles. The molecule has 3 rings (SSSR count). The van der Waals surface area contributed by atoms with Crippen molar-refractivity contribution >= 4 is 11.3 Å². The van der Waals surface area contributed by atoms with Crippen LogP contribution >= 0.6 is 11.3 Å². The summed E-state index contributed by atoms with van der Waals surface area (Å²) < 4.78 is 0. The fourth-order valence-electron chi connectivity index (χ4n) is 2.87. The molecule has 1 aromatic heterocycles. The molecule has 1 aliphatic carbocycles. The van der Waals surface area contributed by atoms with Crippen LogP contribution in [0.15, 0.2) is 35.2 Å². The highest BCUT2D eigenvalue weighted by Gasteiger charge is 2.17. The first kappa shape index (κ1) is 12.8. The van der Waals surface area contributed by atoms with Gasteiger partial charge in [-0.15, -0.1) is 11.3 Å². The van der Waals surface area contributed by atoms with Gasteiger partial charge in [0.15, 0.2) is 0 Å². The third-order valence-corrected chi connectivity index (χ3v) is 4.51. The van der Waals surface area contributed by atoms with Crippen LogP contribution in [-0.2, 0) is 12.8 Å². The van der Waals surface area contributed by atoms with Gasteiger partial charge in [-0.1, -0.05) is 30.7 Å². The van der Waals surface area contributed by atoms with Crippen molar-refractivity contribution in [3.63, 3.8) is 0 Å². The minimum absolute atomic E-state index is 0.525. The highest BCUT2D eigenvalue weighted by Crippen LogP contribution is 2.28. The minimum atomic E-state index is 0.525. The lowest BCUT2D eigenvalue weighted by Crippen LogP contribution is -2.24. The summed E-state index contributed by atoms with van der Waals surface area (Å²) in [5.74, 6) is 0. The van der Waals surface area contributed by atoms with Gasteiger partial charge in [0, 0.05) is 24.4 Å². The largest absolute Gasteiger partial charge is 0.310 e. The van der Waals surface area contributed by atoms with Crippen LogP contribution in [0.5, 0.6) is 0 Å². The Bertz CT molecular complexity index is 507. The molecule has 1 N–H and O–H groups in total. The van der Waals surface area contributed by atoms with Crippen molar-refractivity contribution in [2.75, 3.05) is 6.54 Å². The van der Waals surface area contributed by atoms with Crippen LogP contribution < -0.4 is 5.32 Å². The number of benzene rings is 1. The van der Waals surface area contributed by atoms with Crippen LogP contribution in [0.25, 0.3) is 0 Å². The van der Waals surface area contributed by atoms with E-state index in [4.69, 9.17) is 0 Å². The molecule has 2 aromatic rings. The molecule has 0 radical (unpaired) electrons. The van der Waals surface area contributed by atoms with Gasteiger partial charge in [-0.25, -0.2) is 4.98 Å². The van der Waals surface area contributed by atoms with Gasteiger partial charge in [0.25, 0.3) is 0 Å². The molecule has 19 heavy (non-hydrogen) atoms. The topological polar surface area (TPSA) is 24.9 Å². The molecule has 0 saturated heterocycles. The number of hydrogen-bond donors (Lipinski definition) is 1. The normalized spacial score (nSPS) is 18.8. The Morgan fingerprint density at radius 2 is 2.21 bits per heavy atom. The van der Waals surface area contributed by atoms with E-state index >= 15 is 0 Å². The van der Waals surface area contributed by atoms with Gasteiger partial charge in [0.05, 0.1) is 11.2 Å². The number of hydrogen-bond acceptors (Lipinski definition) is 3. The monoisotopic (exact) mass is 272 g/mol. The second-order valence-corrected chi connectivity index (χ2v) is 5.90. The standard InChI is InChI=1S/C16H20N2S/c1-3-7-15-13(5-1)6-2-4-8-16(15)17-10-9-14-11-19-12-18-14/h1,3,5,7,11-12,16-17H,2,4,6,8-10H2. The predicted molar refractivity (Wildman–Crippen MR) is 80.6 cm³/mol. The number of fused-ring (bicyclic) bond motifs is 1. The van der Waals surface area contributed by atoms with Crippen LogP contribution in [0.4, 0.5) is 0 Å². The summed E-state index contributed by atoms with van der Waals surface area (Å²) in [4.78, 5) is 4.34. The van der Waals surface area contributed by atoms with Crippen LogP contribution in [-0.4, -0.2) is 11.5 Å². The number of aryl methyl sites for hydroxylation is 1. The molecule has 2 nitrogen and oxygen atoms in total. The SMILES string of the molecule is c1ccc2c(c1)CCCCC2NCCc1cscn1. The molecule has 1 atom stereocenters. The van der Waals surface area contributed by atoms with Crippen molar-refractivity contribution in [1.29, 1.82) is 0 Å². The highest BCUT2D eigenvalue weighted by atomic mass is 32.1. The lowest BCUT2D eigenvalue weighted by molar-refractivity contribution is 0.492. The fourth-order valence-corrected chi connectivity index (χ4v) is 3.46. The molecular weight excluding hydrogens is 252 g/mol. The molecule has 1 unspecified atom stereocenters. The fraction of sp³-hybridized carbons (Fsp3) is 0.438. The van der Waals surface area contributed by atoms with Crippen LogP contribution in [0, 0.1) is 0 Å². The second kappa shape index (κ2) is 6.31. The van der Waals surface area contributed by atoms with Gasteiger partial charge in [-0.2, -0.15) is 0 Å². The van der Waals surface area contributed by atoms with E-state index in [1.54, 1.807) is 11.3 Å². The number of aromatic nitrogens is 1. The highest BCUT2D eigenvalue weighted by molar-refractivity contribution is 7.07. The zero-order chi connectivity index (χ0) is 12.9. The molecule has 100 valence electrons. The van der Waals surface area contributed by atoms with Crippen molar-refractivity contribution in [1.82, 2.24) is 10.3 Å². The summed E-state index contributed by atoms with van der Waals surface area (Å²) in [6.45, 7) is 1.02. The first-order valence-corrected chi connectivity index (χ1v) is 8.06. The predicted octanol–water partition coefficient (Wildman–Crippen LogP) is 3.74. The van der Waals surface area contributed by atoms with Gasteiger partial charge in [-0.05, 0) is 30.4 Å². The summed E-state index contributed by atoms with van der Waals surface area (Å²) in [5.41, 5.74) is 6.17. The van der Waals surface area contributed by atoms with Crippen molar-refractivity contribution in [3.05, 3.63) is 52.0 Å². The van der Waals surface area contributed by atoms with Crippen molar-refractivity contribution in [3.8, 4) is 0 Å². The molecule has 0 fully saturated rings. The van der Waals surface area contributed by atoms with Crippen molar-refractivity contribution in [2.45, 2.75) is 38.1 Å². The zero-order valence-electron chi connectivity index (χ0n) is 11.1. The molecule has 1 heterocycles.